The first-order valence-corrected chi connectivity index (χ1v) is 2.84. The van der Waals surface area contributed by atoms with E-state index in [0.29, 0.717) is 5.11 Å². The van der Waals surface area contributed by atoms with Gasteiger partial charge in [-0.3, -0.25) is 0 Å². The van der Waals surface area contributed by atoms with Crippen LogP contribution >= 0.6 is 12.2 Å². The average Bonchev–Trinajstić information content (AvgIpc) is 1.68. The van der Waals surface area contributed by atoms with Crippen molar-refractivity contribution in [1.29, 1.82) is 0 Å². The van der Waals surface area contributed by atoms with Crippen LogP contribution in [0.3, 0.4) is 0 Å². The lowest BCUT2D eigenvalue weighted by atomic mass is 10.7. The van der Waals surface area contributed by atoms with Crippen molar-refractivity contribution < 1.29 is 5.11 Å². The molecule has 48 valence electrons. The average molecular weight is 134 g/mol. The second-order valence-corrected chi connectivity index (χ2v) is 1.60. The number of hydrogen-bond acceptors (Lipinski definition) is 2. The Kier molecular flexibility index (Phi) is 4.59. The van der Waals surface area contributed by atoms with Crippen molar-refractivity contribution in [3.63, 3.8) is 0 Å². The Morgan fingerprint density at radius 2 is 2.25 bits per heavy atom. The van der Waals surface area contributed by atoms with Crippen LogP contribution in [0, 0.1) is 0 Å². The minimum Gasteiger partial charge on any atom is -0.377 e. The monoisotopic (exact) mass is 134 g/mol. The number of hydrogen-bond donors (Lipinski definition) is 3. The zero-order chi connectivity index (χ0) is 6.41. The van der Waals surface area contributed by atoms with Gasteiger partial charge in [-0.15, -0.1) is 0 Å². The van der Waals surface area contributed by atoms with Crippen LogP contribution < -0.4 is 10.6 Å². The molecule has 3 N–H and O–H groups in total. The van der Waals surface area contributed by atoms with E-state index in [0.717, 1.165) is 6.54 Å². The summed E-state index contributed by atoms with van der Waals surface area (Å²) in [5.41, 5.74) is 0. The lowest BCUT2D eigenvalue weighted by Crippen LogP contribution is -2.35. The van der Waals surface area contributed by atoms with Crippen LogP contribution in [0.1, 0.15) is 6.92 Å². The molecule has 0 aromatic carbocycles. The van der Waals surface area contributed by atoms with E-state index in [-0.39, 0.29) is 6.73 Å². The van der Waals surface area contributed by atoms with E-state index in [4.69, 9.17) is 5.11 Å². The molecule has 0 amide bonds. The summed E-state index contributed by atoms with van der Waals surface area (Å²) in [4.78, 5) is 0. The summed E-state index contributed by atoms with van der Waals surface area (Å²) in [5.74, 6) is 0. The highest BCUT2D eigenvalue weighted by Gasteiger charge is 1.85. The van der Waals surface area contributed by atoms with Crippen LogP contribution in [0.25, 0.3) is 0 Å². The van der Waals surface area contributed by atoms with E-state index >= 15 is 0 Å². The van der Waals surface area contributed by atoms with Crippen molar-refractivity contribution in [2.24, 2.45) is 0 Å². The standard InChI is InChI=1S/C4H10N2OS/c1-2-5-4(8)6-3-7/h7H,2-3H2,1H3,(H2,5,6,8). The fraction of sp³-hybridized carbons (Fsp3) is 0.750. The van der Waals surface area contributed by atoms with Gasteiger partial charge in [0.05, 0.1) is 0 Å². The molecule has 0 rings (SSSR count). The zero-order valence-electron chi connectivity index (χ0n) is 4.77. The first-order valence-electron chi connectivity index (χ1n) is 2.43. The summed E-state index contributed by atoms with van der Waals surface area (Å²) in [5, 5.41) is 14.0. The molecule has 0 fully saturated rings. The molecule has 0 saturated heterocycles. The van der Waals surface area contributed by atoms with Gasteiger partial charge in [0, 0.05) is 6.54 Å². The highest BCUT2D eigenvalue weighted by atomic mass is 32.1. The number of rotatable bonds is 2. The van der Waals surface area contributed by atoms with E-state index in [1.807, 2.05) is 6.92 Å². The van der Waals surface area contributed by atoms with Crippen LogP contribution in [0.15, 0.2) is 0 Å². The second-order valence-electron chi connectivity index (χ2n) is 1.19. The fourth-order valence-corrected chi connectivity index (χ4v) is 0.504. The van der Waals surface area contributed by atoms with Crippen LogP contribution in [0.2, 0.25) is 0 Å². The third kappa shape index (κ3) is 3.83. The topological polar surface area (TPSA) is 44.3 Å². The first kappa shape index (κ1) is 7.65. The van der Waals surface area contributed by atoms with Gasteiger partial charge in [0.1, 0.15) is 6.73 Å². The van der Waals surface area contributed by atoms with E-state index in [1.54, 1.807) is 0 Å². The van der Waals surface area contributed by atoms with Gasteiger partial charge in [0.2, 0.25) is 0 Å². The Labute approximate surface area is 54.1 Å². The van der Waals surface area contributed by atoms with Gasteiger partial charge in [0.15, 0.2) is 5.11 Å². The first-order chi connectivity index (χ1) is 3.81. The lowest BCUT2D eigenvalue weighted by Gasteiger charge is -2.03. The predicted molar refractivity (Wildman–Crippen MR) is 36.5 cm³/mol. The summed E-state index contributed by atoms with van der Waals surface area (Å²) in [7, 11) is 0. The van der Waals surface area contributed by atoms with E-state index < -0.39 is 0 Å². The van der Waals surface area contributed by atoms with Crippen LogP contribution in [-0.4, -0.2) is 23.5 Å². The maximum atomic E-state index is 8.22. The van der Waals surface area contributed by atoms with Gasteiger partial charge in [-0.05, 0) is 19.1 Å². The van der Waals surface area contributed by atoms with E-state index in [1.165, 1.54) is 0 Å². The molecule has 0 aromatic rings. The van der Waals surface area contributed by atoms with Gasteiger partial charge in [-0.25, -0.2) is 0 Å². The summed E-state index contributed by atoms with van der Waals surface area (Å²) < 4.78 is 0. The maximum absolute atomic E-state index is 8.22. The van der Waals surface area contributed by atoms with Gasteiger partial charge in [-0.2, -0.15) is 0 Å². The molecular formula is C4H10N2OS. The molecule has 8 heavy (non-hydrogen) atoms. The predicted octanol–water partition coefficient (Wildman–Crippen LogP) is -0.580. The SMILES string of the molecule is CCNC(=S)NCO. The zero-order valence-corrected chi connectivity index (χ0v) is 5.59. The molecule has 0 saturated carbocycles. The molecule has 0 aliphatic heterocycles. The molecule has 0 aromatic heterocycles. The van der Waals surface area contributed by atoms with Crippen molar-refractivity contribution in [3.05, 3.63) is 0 Å². The van der Waals surface area contributed by atoms with Crippen molar-refractivity contribution in [3.8, 4) is 0 Å². The molecule has 4 heteroatoms. The van der Waals surface area contributed by atoms with Gasteiger partial charge < -0.3 is 15.7 Å². The van der Waals surface area contributed by atoms with E-state index in [9.17, 15) is 0 Å². The maximum Gasteiger partial charge on any atom is 0.168 e. The molecule has 0 atom stereocenters. The Bertz CT molecular complexity index is 68.4. The van der Waals surface area contributed by atoms with Crippen molar-refractivity contribution in [1.82, 2.24) is 10.6 Å². The third-order valence-electron chi connectivity index (χ3n) is 0.577. The molecule has 0 aliphatic carbocycles. The molecule has 0 unspecified atom stereocenters. The fourth-order valence-electron chi connectivity index (χ4n) is 0.295. The third-order valence-corrected chi connectivity index (χ3v) is 0.866. The number of aliphatic hydroxyl groups is 1. The van der Waals surface area contributed by atoms with Crippen LogP contribution in [0.4, 0.5) is 0 Å². The van der Waals surface area contributed by atoms with Gasteiger partial charge >= 0.3 is 0 Å². The summed E-state index contributed by atoms with van der Waals surface area (Å²) >= 11 is 4.67. The Morgan fingerprint density at radius 3 is 2.62 bits per heavy atom. The number of nitrogens with one attached hydrogen (secondary N) is 2. The largest absolute Gasteiger partial charge is 0.377 e. The van der Waals surface area contributed by atoms with Crippen molar-refractivity contribution in [2.45, 2.75) is 6.92 Å². The Balaban J connectivity index is 3.06. The minimum atomic E-state index is -0.105. The minimum absolute atomic E-state index is 0.105. The van der Waals surface area contributed by atoms with Crippen molar-refractivity contribution >= 4 is 17.3 Å². The van der Waals surface area contributed by atoms with E-state index in [2.05, 4.69) is 22.9 Å². The van der Waals surface area contributed by atoms with Gasteiger partial charge in [0.25, 0.3) is 0 Å². The highest BCUT2D eigenvalue weighted by molar-refractivity contribution is 7.80. The highest BCUT2D eigenvalue weighted by Crippen LogP contribution is 1.61. The number of thiocarbonyl (C=S) groups is 1. The molecule has 0 heterocycles. The summed E-state index contributed by atoms with van der Waals surface area (Å²) in [6, 6.07) is 0. The Morgan fingerprint density at radius 1 is 1.62 bits per heavy atom. The van der Waals surface area contributed by atoms with Crippen LogP contribution in [0.5, 0.6) is 0 Å². The second kappa shape index (κ2) is 4.80. The molecule has 0 aliphatic rings. The molecular weight excluding hydrogens is 124 g/mol. The normalized spacial score (nSPS) is 8.25. The van der Waals surface area contributed by atoms with Crippen LogP contribution in [-0.2, 0) is 0 Å². The molecule has 0 bridgehead atoms. The Hall–Kier alpha value is -0.350. The quantitative estimate of drug-likeness (QED) is 0.349. The molecule has 0 radical (unpaired) electrons. The van der Waals surface area contributed by atoms with Gasteiger partial charge in [-0.1, -0.05) is 0 Å². The molecule has 3 nitrogen and oxygen atoms in total. The number of aliphatic hydroxyl groups excluding tert-OH is 1. The lowest BCUT2D eigenvalue weighted by molar-refractivity contribution is 0.285. The molecule has 0 spiro atoms. The summed E-state index contributed by atoms with van der Waals surface area (Å²) in [6.45, 7) is 2.61. The summed E-state index contributed by atoms with van der Waals surface area (Å²) in [6.07, 6.45) is 0. The van der Waals surface area contributed by atoms with Crippen molar-refractivity contribution in [2.75, 3.05) is 13.3 Å². The smallest absolute Gasteiger partial charge is 0.168 e.